The maximum absolute atomic E-state index is 10.6. The molecule has 0 radical (unpaired) electrons. The fourth-order valence-electron chi connectivity index (χ4n) is 0.903. The molecule has 3 nitrogen and oxygen atoms in total. The first-order valence-electron chi connectivity index (χ1n) is 4.60. The van der Waals surface area contributed by atoms with Crippen molar-refractivity contribution in [3.8, 4) is 0 Å². The molecule has 1 unspecified atom stereocenters. The Labute approximate surface area is 97.9 Å². The van der Waals surface area contributed by atoms with Gasteiger partial charge in [-0.25, -0.2) is 9.78 Å². The molecule has 0 spiro atoms. The van der Waals surface area contributed by atoms with Gasteiger partial charge >= 0.3 is 5.97 Å². The smallest absolute Gasteiger partial charge is 0.337 e. The molecule has 0 amide bonds. The van der Waals surface area contributed by atoms with Crippen molar-refractivity contribution >= 4 is 29.3 Å². The molecule has 0 saturated heterocycles. The van der Waals surface area contributed by atoms with Crippen LogP contribution in [0.15, 0.2) is 17.3 Å². The second kappa shape index (κ2) is 5.37. The van der Waals surface area contributed by atoms with Gasteiger partial charge < -0.3 is 5.11 Å². The van der Waals surface area contributed by atoms with Gasteiger partial charge in [0.25, 0.3) is 0 Å². The summed E-state index contributed by atoms with van der Waals surface area (Å²) in [6, 6.07) is 1.43. The molecule has 0 aliphatic heterocycles. The maximum Gasteiger partial charge on any atom is 0.337 e. The zero-order valence-corrected chi connectivity index (χ0v) is 10.1. The summed E-state index contributed by atoms with van der Waals surface area (Å²) in [5, 5.41) is 10.2. The number of carboxylic acids is 1. The number of nitrogens with zero attached hydrogens (tertiary/aromatic N) is 1. The third kappa shape index (κ3) is 3.39. The van der Waals surface area contributed by atoms with Crippen LogP contribution in [0.4, 0.5) is 0 Å². The molecule has 0 aromatic carbocycles. The Hall–Kier alpha value is -0.740. The van der Waals surface area contributed by atoms with Gasteiger partial charge in [0.2, 0.25) is 0 Å². The lowest BCUT2D eigenvalue weighted by Gasteiger charge is -2.08. The number of aromatic carboxylic acids is 1. The molecule has 82 valence electrons. The normalized spacial score (nSPS) is 12.5. The van der Waals surface area contributed by atoms with Gasteiger partial charge in [0.05, 0.1) is 10.6 Å². The highest BCUT2D eigenvalue weighted by atomic mass is 35.5. The van der Waals surface area contributed by atoms with Crippen LogP contribution >= 0.6 is 23.4 Å². The Balaban J connectivity index is 2.88. The molecule has 0 aliphatic carbocycles. The molecule has 1 N–H and O–H groups in total. The molecule has 1 heterocycles. The Morgan fingerprint density at radius 3 is 2.87 bits per heavy atom. The number of hydrogen-bond donors (Lipinski definition) is 1. The van der Waals surface area contributed by atoms with Gasteiger partial charge in [-0.05, 0) is 12.5 Å². The predicted molar refractivity (Wildman–Crippen MR) is 61.8 cm³/mol. The van der Waals surface area contributed by atoms with E-state index in [1.54, 1.807) is 11.8 Å². The molecule has 0 fully saturated rings. The number of pyridine rings is 1. The summed E-state index contributed by atoms with van der Waals surface area (Å²) in [5.74, 6) is -1.01. The van der Waals surface area contributed by atoms with Crippen molar-refractivity contribution in [3.63, 3.8) is 0 Å². The van der Waals surface area contributed by atoms with E-state index in [1.165, 1.54) is 12.3 Å². The van der Waals surface area contributed by atoms with Crippen molar-refractivity contribution in [1.82, 2.24) is 4.98 Å². The highest BCUT2D eigenvalue weighted by Gasteiger charge is 2.11. The maximum atomic E-state index is 10.6. The van der Waals surface area contributed by atoms with Crippen molar-refractivity contribution in [2.45, 2.75) is 30.5 Å². The molecule has 1 atom stereocenters. The number of hydrogen-bond acceptors (Lipinski definition) is 3. The summed E-state index contributed by atoms with van der Waals surface area (Å²) in [7, 11) is 0. The van der Waals surface area contributed by atoms with Crippen LogP contribution in [0.1, 0.15) is 30.6 Å². The standard InChI is InChI=1S/C10H12ClNO2S/c1-3-6(2)15-9-8(11)4-7(5-12-9)10(13)14/h4-6H,3H2,1-2H3,(H,13,14). The average Bonchev–Trinajstić information content (AvgIpc) is 2.20. The Bertz CT molecular complexity index is 370. The Morgan fingerprint density at radius 2 is 2.40 bits per heavy atom. The SMILES string of the molecule is CCC(C)Sc1ncc(C(=O)O)cc1Cl. The minimum atomic E-state index is -1.01. The van der Waals surface area contributed by atoms with Gasteiger partial charge in [0, 0.05) is 11.4 Å². The topological polar surface area (TPSA) is 50.2 Å². The molecule has 15 heavy (non-hydrogen) atoms. The fourth-order valence-corrected chi connectivity index (χ4v) is 2.04. The van der Waals surface area contributed by atoms with Crippen LogP contribution in [0.2, 0.25) is 5.02 Å². The van der Waals surface area contributed by atoms with Crippen LogP contribution in [0.3, 0.4) is 0 Å². The number of thioether (sulfide) groups is 1. The van der Waals surface area contributed by atoms with Crippen LogP contribution in [0.5, 0.6) is 0 Å². The van der Waals surface area contributed by atoms with E-state index in [4.69, 9.17) is 16.7 Å². The third-order valence-corrected chi connectivity index (χ3v) is 3.63. The molecule has 0 aliphatic rings. The van der Waals surface area contributed by atoms with Crippen LogP contribution in [-0.2, 0) is 0 Å². The zero-order valence-electron chi connectivity index (χ0n) is 8.53. The lowest BCUT2D eigenvalue weighted by atomic mass is 10.3. The van der Waals surface area contributed by atoms with Gasteiger partial charge in [-0.3, -0.25) is 0 Å². The van der Waals surface area contributed by atoms with Gasteiger partial charge in [-0.1, -0.05) is 25.4 Å². The molecule has 0 saturated carbocycles. The average molecular weight is 246 g/mol. The van der Waals surface area contributed by atoms with Crippen LogP contribution < -0.4 is 0 Å². The lowest BCUT2D eigenvalue weighted by Crippen LogP contribution is -1.99. The number of halogens is 1. The minimum absolute atomic E-state index is 0.119. The molecule has 5 heteroatoms. The van der Waals surface area contributed by atoms with Crippen LogP contribution in [0.25, 0.3) is 0 Å². The first-order chi connectivity index (χ1) is 7.04. The van der Waals surface area contributed by atoms with E-state index in [-0.39, 0.29) is 5.56 Å². The van der Waals surface area contributed by atoms with E-state index in [2.05, 4.69) is 18.8 Å². The minimum Gasteiger partial charge on any atom is -0.478 e. The van der Waals surface area contributed by atoms with Gasteiger partial charge in [0.1, 0.15) is 5.03 Å². The van der Waals surface area contributed by atoms with E-state index >= 15 is 0 Å². The Morgan fingerprint density at radius 1 is 1.73 bits per heavy atom. The molecular formula is C10H12ClNO2S. The Kier molecular flexibility index (Phi) is 4.42. The van der Waals surface area contributed by atoms with E-state index in [0.29, 0.717) is 15.3 Å². The fraction of sp³-hybridized carbons (Fsp3) is 0.400. The molecule has 1 aromatic rings. The number of carboxylic acid groups (broad SMARTS) is 1. The van der Waals surface area contributed by atoms with Crippen molar-refractivity contribution in [3.05, 3.63) is 22.8 Å². The summed E-state index contributed by atoms with van der Waals surface area (Å²) in [6.45, 7) is 4.16. The molecule has 1 aromatic heterocycles. The summed E-state index contributed by atoms with van der Waals surface area (Å²) < 4.78 is 0. The van der Waals surface area contributed by atoms with Crippen molar-refractivity contribution in [1.29, 1.82) is 0 Å². The van der Waals surface area contributed by atoms with Gasteiger partial charge in [-0.15, -0.1) is 11.8 Å². The summed E-state index contributed by atoms with van der Waals surface area (Å²) in [5.41, 5.74) is 0.119. The summed E-state index contributed by atoms with van der Waals surface area (Å²) >= 11 is 7.48. The monoisotopic (exact) mass is 245 g/mol. The second-order valence-electron chi connectivity index (χ2n) is 3.15. The van der Waals surface area contributed by atoms with E-state index in [9.17, 15) is 4.79 Å². The van der Waals surface area contributed by atoms with E-state index in [1.807, 2.05) is 0 Å². The van der Waals surface area contributed by atoms with E-state index in [0.717, 1.165) is 6.42 Å². The van der Waals surface area contributed by atoms with Crippen LogP contribution in [0, 0.1) is 0 Å². The van der Waals surface area contributed by atoms with Crippen molar-refractivity contribution in [2.24, 2.45) is 0 Å². The number of rotatable bonds is 4. The third-order valence-electron chi connectivity index (χ3n) is 1.94. The largest absolute Gasteiger partial charge is 0.478 e. The quantitative estimate of drug-likeness (QED) is 0.827. The zero-order chi connectivity index (χ0) is 11.4. The van der Waals surface area contributed by atoms with Crippen LogP contribution in [-0.4, -0.2) is 21.3 Å². The predicted octanol–water partition coefficient (Wildman–Crippen LogP) is 3.32. The molecule has 1 rings (SSSR count). The van der Waals surface area contributed by atoms with Crippen molar-refractivity contribution in [2.75, 3.05) is 0 Å². The highest BCUT2D eigenvalue weighted by Crippen LogP contribution is 2.29. The first-order valence-corrected chi connectivity index (χ1v) is 5.85. The second-order valence-corrected chi connectivity index (χ2v) is 4.99. The lowest BCUT2D eigenvalue weighted by molar-refractivity contribution is 0.0696. The number of carbonyl (C=O) groups is 1. The molecule has 0 bridgehead atoms. The van der Waals surface area contributed by atoms with Crippen molar-refractivity contribution < 1.29 is 9.90 Å². The highest BCUT2D eigenvalue weighted by molar-refractivity contribution is 7.99. The number of aromatic nitrogens is 1. The van der Waals surface area contributed by atoms with Gasteiger partial charge in [0.15, 0.2) is 0 Å². The summed E-state index contributed by atoms with van der Waals surface area (Å²) in [6.07, 6.45) is 2.35. The van der Waals surface area contributed by atoms with E-state index < -0.39 is 5.97 Å². The molecular weight excluding hydrogens is 234 g/mol. The summed E-state index contributed by atoms with van der Waals surface area (Å²) in [4.78, 5) is 14.7. The van der Waals surface area contributed by atoms with Gasteiger partial charge in [-0.2, -0.15) is 0 Å². The first kappa shape index (κ1) is 12.3.